The Hall–Kier alpha value is -4.98. The Morgan fingerprint density at radius 2 is 0.978 bits per heavy atom. The van der Waals surface area contributed by atoms with E-state index in [0.717, 1.165) is 0 Å². The van der Waals surface area contributed by atoms with Gasteiger partial charge in [0.15, 0.2) is 16.9 Å². The third-order valence-corrected chi connectivity index (χ3v) is 5.78. The van der Waals surface area contributed by atoms with Crippen LogP contribution in [0.4, 0.5) is 39.5 Å². The van der Waals surface area contributed by atoms with E-state index in [1.165, 1.54) is 25.9 Å². The van der Waals surface area contributed by atoms with Gasteiger partial charge in [-0.1, -0.05) is 20.8 Å². The number of hydrogen-bond donors (Lipinski definition) is 3. The van der Waals surface area contributed by atoms with Gasteiger partial charge in [0.1, 0.15) is 16.6 Å². The molecule has 0 aromatic carbocycles. The fraction of sp³-hybridized carbons (Fsp3) is 0.375. The second-order valence-corrected chi connectivity index (χ2v) is 9.36. The molecule has 45 heavy (non-hydrogen) atoms. The average molecular weight is 648 g/mol. The maximum Gasteiger partial charge on any atom is 0.451 e. The number of nitrogens with one attached hydrogen (secondary N) is 3. The summed E-state index contributed by atoms with van der Waals surface area (Å²) in [5.74, 6) is -3.57. The van der Waals surface area contributed by atoms with Crippen LogP contribution in [-0.2, 0) is 24.9 Å². The molecule has 21 heteroatoms. The lowest BCUT2D eigenvalue weighted by Crippen LogP contribution is -2.13. The molecule has 240 valence electrons. The molecule has 12 nitrogen and oxygen atoms in total. The molecule has 0 bridgehead atoms. The molecule has 3 N–H and O–H groups in total. The Balaban J connectivity index is 0.000000154. The van der Waals surface area contributed by atoms with Gasteiger partial charge >= 0.3 is 18.5 Å². The number of halogens is 9. The zero-order valence-electron chi connectivity index (χ0n) is 23.4. The topological polar surface area (TPSA) is 163 Å². The van der Waals surface area contributed by atoms with Crippen LogP contribution in [-0.4, -0.2) is 59.8 Å². The average Bonchev–Trinajstić information content (AvgIpc) is 3.71. The maximum atomic E-state index is 12.5. The van der Waals surface area contributed by atoms with Gasteiger partial charge in [0.25, 0.3) is 0 Å². The van der Waals surface area contributed by atoms with Crippen LogP contribution in [0.25, 0.3) is 33.5 Å². The number of rotatable bonds is 2. The van der Waals surface area contributed by atoms with E-state index in [4.69, 9.17) is 0 Å². The molecule has 0 spiro atoms. The van der Waals surface area contributed by atoms with E-state index in [2.05, 4.69) is 59.8 Å². The van der Waals surface area contributed by atoms with Crippen molar-refractivity contribution in [1.82, 2.24) is 59.8 Å². The van der Waals surface area contributed by atoms with Gasteiger partial charge in [-0.2, -0.15) is 39.5 Å². The fourth-order valence-corrected chi connectivity index (χ4v) is 3.78. The van der Waals surface area contributed by atoms with E-state index in [9.17, 15) is 39.5 Å². The highest BCUT2D eigenvalue weighted by molar-refractivity contribution is 5.74. The summed E-state index contributed by atoms with van der Waals surface area (Å²) in [6.45, 7) is 6.73. The van der Waals surface area contributed by atoms with Crippen LogP contribution in [0, 0.1) is 6.92 Å². The van der Waals surface area contributed by atoms with Crippen LogP contribution in [0.2, 0.25) is 0 Å². The van der Waals surface area contributed by atoms with Crippen molar-refractivity contribution in [3.63, 3.8) is 0 Å². The van der Waals surface area contributed by atoms with E-state index in [1.807, 2.05) is 0 Å². The molecule has 0 radical (unpaired) electrons. The lowest BCUT2D eigenvalue weighted by molar-refractivity contribution is -0.145. The van der Waals surface area contributed by atoms with E-state index < -0.39 is 36.0 Å². The van der Waals surface area contributed by atoms with Gasteiger partial charge in [0.2, 0.25) is 17.5 Å². The number of nitrogens with zero attached hydrogens (tertiary/aromatic N) is 9. The van der Waals surface area contributed by atoms with Gasteiger partial charge in [-0.15, -0.1) is 0 Å². The third kappa shape index (κ3) is 7.40. The summed E-state index contributed by atoms with van der Waals surface area (Å²) < 4.78 is 111. The highest BCUT2D eigenvalue weighted by atomic mass is 19.4. The lowest BCUT2D eigenvalue weighted by atomic mass is 10.1. The predicted octanol–water partition coefficient (Wildman–Crippen LogP) is 6.11. The molecular weight excluding hydrogens is 627 g/mol. The Kier molecular flexibility index (Phi) is 8.92. The van der Waals surface area contributed by atoms with Crippen LogP contribution in [0.1, 0.15) is 61.2 Å². The SMILES string of the molecule is CC(C)c1nc(C(F)(F)F)nc2nc[nH]c12.CCc1nc(C(F)(F)F)nc2nc[nH]c12.Cc1nc(C(F)(F)F)nc2nc[nH]c12. The molecule has 6 aromatic heterocycles. The van der Waals surface area contributed by atoms with Gasteiger partial charge < -0.3 is 15.0 Å². The largest absolute Gasteiger partial charge is 0.451 e. The van der Waals surface area contributed by atoms with Crippen molar-refractivity contribution in [3.8, 4) is 0 Å². The molecule has 0 saturated carbocycles. The molecule has 0 aliphatic carbocycles. The van der Waals surface area contributed by atoms with E-state index in [-0.39, 0.29) is 28.6 Å². The lowest BCUT2D eigenvalue weighted by Gasteiger charge is -2.09. The first kappa shape index (κ1) is 32.9. The highest BCUT2D eigenvalue weighted by Gasteiger charge is 2.37. The minimum atomic E-state index is -4.54. The number of imidazole rings is 3. The summed E-state index contributed by atoms with van der Waals surface area (Å²) in [5, 5.41) is 0. The number of H-pyrrole nitrogens is 3. The van der Waals surface area contributed by atoms with E-state index in [1.54, 1.807) is 20.8 Å². The summed E-state index contributed by atoms with van der Waals surface area (Å²) in [7, 11) is 0. The molecule has 0 amide bonds. The van der Waals surface area contributed by atoms with Gasteiger partial charge in [-0.25, -0.2) is 44.9 Å². The van der Waals surface area contributed by atoms with Crippen molar-refractivity contribution < 1.29 is 39.5 Å². The molecule has 6 rings (SSSR count). The Labute approximate surface area is 245 Å². The van der Waals surface area contributed by atoms with Crippen molar-refractivity contribution in [2.24, 2.45) is 0 Å². The van der Waals surface area contributed by atoms with Crippen molar-refractivity contribution in [3.05, 3.63) is 53.5 Å². The fourth-order valence-electron chi connectivity index (χ4n) is 3.78. The minimum Gasteiger partial charge on any atom is -0.342 e. The van der Waals surface area contributed by atoms with Crippen LogP contribution in [0.3, 0.4) is 0 Å². The van der Waals surface area contributed by atoms with Crippen molar-refractivity contribution in [1.29, 1.82) is 0 Å². The Bertz CT molecular complexity index is 1920. The number of aryl methyl sites for hydroxylation is 2. The second-order valence-electron chi connectivity index (χ2n) is 9.36. The van der Waals surface area contributed by atoms with Crippen molar-refractivity contribution in [2.45, 2.75) is 58.6 Å². The molecule has 0 fully saturated rings. The van der Waals surface area contributed by atoms with Crippen molar-refractivity contribution >= 4 is 33.5 Å². The smallest absolute Gasteiger partial charge is 0.342 e. The number of hydrogen-bond acceptors (Lipinski definition) is 9. The third-order valence-electron chi connectivity index (χ3n) is 5.78. The monoisotopic (exact) mass is 648 g/mol. The highest BCUT2D eigenvalue weighted by Crippen LogP contribution is 2.30. The number of fused-ring (bicyclic) bond motifs is 3. The first-order chi connectivity index (χ1) is 20.9. The Morgan fingerprint density at radius 3 is 1.44 bits per heavy atom. The minimum absolute atomic E-state index is 0.0322. The molecule has 0 aliphatic rings. The van der Waals surface area contributed by atoms with Gasteiger partial charge in [0.05, 0.1) is 36.1 Å². The van der Waals surface area contributed by atoms with Gasteiger partial charge in [-0.05, 0) is 19.3 Å². The molecule has 6 aromatic rings. The number of aromatic amines is 3. The zero-order valence-corrected chi connectivity index (χ0v) is 23.4. The van der Waals surface area contributed by atoms with Crippen LogP contribution >= 0.6 is 0 Å². The molecule has 0 atom stereocenters. The molecule has 6 heterocycles. The second kappa shape index (κ2) is 12.2. The Morgan fingerprint density at radius 1 is 0.578 bits per heavy atom. The molecule has 0 saturated heterocycles. The first-order valence-electron chi connectivity index (χ1n) is 12.7. The first-order valence-corrected chi connectivity index (χ1v) is 12.7. The normalized spacial score (nSPS) is 12.4. The summed E-state index contributed by atoms with van der Waals surface area (Å²) in [6.07, 6.45) is -9.31. The standard InChI is InChI=1S/C9H9F3N4.C8H7F3N4.C7H5F3N4/c1-4(2)5-6-7(14-3-13-6)16-8(15-5)9(10,11)12;1-2-4-5-6(13-3-12-5)15-7(14-4)8(9,10)11;1-3-4-5(12-2-11-4)14-6(13-3)7(8,9)10/h3-4H,1-2H3,(H,13,14,15,16);3H,2H2,1H3,(H,12,13,14,15);2H,1H3,(H,11,12,13,14). The van der Waals surface area contributed by atoms with E-state index >= 15 is 0 Å². The van der Waals surface area contributed by atoms with Crippen molar-refractivity contribution in [2.75, 3.05) is 0 Å². The van der Waals surface area contributed by atoms with Crippen LogP contribution in [0.5, 0.6) is 0 Å². The molecule has 0 unspecified atom stereocenters. The number of alkyl halides is 9. The maximum absolute atomic E-state index is 12.5. The summed E-state index contributed by atoms with van der Waals surface area (Å²) in [6, 6.07) is 0. The van der Waals surface area contributed by atoms with E-state index in [0.29, 0.717) is 34.4 Å². The quantitative estimate of drug-likeness (QED) is 0.188. The molecular formula is C24H21F9N12. The predicted molar refractivity (Wildman–Crippen MR) is 138 cm³/mol. The van der Waals surface area contributed by atoms with Gasteiger partial charge in [-0.3, -0.25) is 0 Å². The zero-order chi connectivity index (χ0) is 33.3. The van der Waals surface area contributed by atoms with Crippen LogP contribution in [0.15, 0.2) is 19.0 Å². The summed E-state index contributed by atoms with van der Waals surface area (Å²) in [5.41, 5.74) is 2.37. The van der Waals surface area contributed by atoms with Crippen LogP contribution < -0.4 is 0 Å². The molecule has 0 aliphatic heterocycles. The van der Waals surface area contributed by atoms with Gasteiger partial charge in [0, 0.05) is 0 Å². The summed E-state index contributed by atoms with van der Waals surface area (Å²) >= 11 is 0. The summed E-state index contributed by atoms with van der Waals surface area (Å²) in [4.78, 5) is 39.5. The number of aromatic nitrogens is 12.